The number of anilines is 3. The second kappa shape index (κ2) is 12.3. The Hall–Kier alpha value is -4.30. The first kappa shape index (κ1) is 39.0. The van der Waals surface area contributed by atoms with Gasteiger partial charge in [-0.05, 0) is 120 Å². The van der Waals surface area contributed by atoms with Crippen molar-refractivity contribution in [3.63, 3.8) is 0 Å². The molecule has 1 aliphatic heterocycles. The van der Waals surface area contributed by atoms with Crippen LogP contribution in [0.1, 0.15) is 157 Å². The lowest BCUT2D eigenvalue weighted by atomic mass is 9.70. The fourth-order valence-electron chi connectivity index (χ4n) is 8.41. The highest BCUT2D eigenvalue weighted by molar-refractivity contribution is 6.12. The number of nitrogens with zero attached hydrogens (tertiary/aromatic N) is 1. The quantitative estimate of drug-likeness (QED) is 0.188. The van der Waals surface area contributed by atoms with Crippen LogP contribution in [0, 0.1) is 0 Å². The second-order valence-electron chi connectivity index (χ2n) is 22.3. The van der Waals surface area contributed by atoms with Crippen molar-refractivity contribution in [1.82, 2.24) is 4.98 Å². The van der Waals surface area contributed by atoms with Crippen LogP contribution < -0.4 is 4.90 Å². The monoisotopic (exact) mass is 731 g/mol. The molecule has 6 aromatic rings. The summed E-state index contributed by atoms with van der Waals surface area (Å²) in [5.74, 6) is 0. The molecular weight excluding hydrogens is 665 g/mol. The van der Waals surface area contributed by atoms with E-state index in [1.54, 1.807) is 0 Å². The van der Waals surface area contributed by atoms with Crippen LogP contribution in [0.15, 0.2) is 84.9 Å². The highest BCUT2D eigenvalue weighted by atomic mass is 15.2. The van der Waals surface area contributed by atoms with Gasteiger partial charge in [0, 0.05) is 33.0 Å². The molecule has 0 fully saturated rings. The summed E-state index contributed by atoms with van der Waals surface area (Å²) in [6.07, 6.45) is 0. The van der Waals surface area contributed by atoms with Crippen LogP contribution in [0.5, 0.6) is 0 Å². The minimum Gasteiger partial charge on any atom is -0.354 e. The molecule has 1 aromatic heterocycles. The van der Waals surface area contributed by atoms with E-state index in [2.05, 4.69) is 213 Å². The first-order valence-electron chi connectivity index (χ1n) is 20.5. The molecule has 1 aliphatic rings. The molecule has 0 saturated carbocycles. The van der Waals surface area contributed by atoms with Crippen molar-refractivity contribution in [3.05, 3.63) is 124 Å². The third-order valence-electron chi connectivity index (χ3n) is 12.3. The third kappa shape index (κ3) is 6.83. The number of H-pyrrole nitrogens is 1. The summed E-state index contributed by atoms with van der Waals surface area (Å²) in [7, 11) is 0. The Labute approximate surface area is 332 Å². The molecule has 5 aromatic carbocycles. The average Bonchev–Trinajstić information content (AvgIpc) is 3.44. The SMILES string of the molecule is CC(C)(C)c1cc(-c2cc(C(C)(C)C)cc3c2[nH]c2ccc(C(C)(C)C)cc23)cc(N2c3ccc(C(C)(C)C)cc3C(C)(C)c3cc(C(C)(C)C)ccc32)c1. The van der Waals surface area contributed by atoms with E-state index in [1.807, 2.05) is 0 Å². The Morgan fingerprint density at radius 2 is 0.873 bits per heavy atom. The van der Waals surface area contributed by atoms with Gasteiger partial charge in [0.1, 0.15) is 0 Å². The Morgan fingerprint density at radius 1 is 0.436 bits per heavy atom. The Bertz CT molecular complexity index is 2400. The summed E-state index contributed by atoms with van der Waals surface area (Å²) in [6.45, 7) is 39.8. The zero-order chi connectivity index (χ0) is 40.4. The van der Waals surface area contributed by atoms with E-state index in [-0.39, 0.29) is 32.5 Å². The van der Waals surface area contributed by atoms with Gasteiger partial charge in [-0.15, -0.1) is 0 Å². The smallest absolute Gasteiger partial charge is 0.0544 e. The first-order valence-corrected chi connectivity index (χ1v) is 20.5. The van der Waals surface area contributed by atoms with E-state index in [4.69, 9.17) is 0 Å². The Kier molecular flexibility index (Phi) is 8.75. The van der Waals surface area contributed by atoms with Gasteiger partial charge in [-0.1, -0.05) is 154 Å². The molecule has 0 bridgehead atoms. The van der Waals surface area contributed by atoms with Gasteiger partial charge in [-0.25, -0.2) is 0 Å². The number of fused-ring (bicyclic) bond motifs is 5. The molecule has 288 valence electrons. The normalized spacial score (nSPS) is 15.1. The molecule has 2 nitrogen and oxygen atoms in total. The van der Waals surface area contributed by atoms with Crippen molar-refractivity contribution >= 4 is 38.9 Å². The summed E-state index contributed by atoms with van der Waals surface area (Å²) in [5, 5.41) is 2.60. The second-order valence-corrected chi connectivity index (χ2v) is 22.3. The van der Waals surface area contributed by atoms with Crippen LogP contribution in [0.3, 0.4) is 0 Å². The predicted molar refractivity (Wildman–Crippen MR) is 242 cm³/mol. The number of rotatable bonds is 2. The van der Waals surface area contributed by atoms with Crippen LogP contribution in [-0.2, 0) is 32.5 Å². The lowest BCUT2D eigenvalue weighted by Gasteiger charge is -2.44. The van der Waals surface area contributed by atoms with Gasteiger partial charge in [-0.2, -0.15) is 0 Å². The zero-order valence-corrected chi connectivity index (χ0v) is 37.0. The maximum atomic E-state index is 3.93. The highest BCUT2D eigenvalue weighted by Crippen LogP contribution is 2.54. The summed E-state index contributed by atoms with van der Waals surface area (Å²) in [6, 6.07) is 33.8. The predicted octanol–water partition coefficient (Wildman–Crippen LogP) is 15.6. The van der Waals surface area contributed by atoms with Crippen molar-refractivity contribution < 1.29 is 0 Å². The molecule has 0 atom stereocenters. The number of aromatic nitrogens is 1. The van der Waals surface area contributed by atoms with Crippen LogP contribution in [0.4, 0.5) is 17.1 Å². The van der Waals surface area contributed by atoms with Gasteiger partial charge < -0.3 is 9.88 Å². The topological polar surface area (TPSA) is 19.0 Å². The molecule has 1 N–H and O–H groups in total. The van der Waals surface area contributed by atoms with Gasteiger partial charge in [-0.3, -0.25) is 0 Å². The van der Waals surface area contributed by atoms with Crippen LogP contribution in [0.25, 0.3) is 32.9 Å². The summed E-state index contributed by atoms with van der Waals surface area (Å²) < 4.78 is 0. The minimum absolute atomic E-state index is 0.0233. The van der Waals surface area contributed by atoms with Crippen LogP contribution >= 0.6 is 0 Å². The van der Waals surface area contributed by atoms with Gasteiger partial charge in [0.05, 0.1) is 16.9 Å². The Balaban J connectivity index is 1.57. The molecule has 0 radical (unpaired) electrons. The minimum atomic E-state index is -0.183. The number of hydrogen-bond donors (Lipinski definition) is 1. The molecule has 0 saturated heterocycles. The van der Waals surface area contributed by atoms with Gasteiger partial charge in [0.2, 0.25) is 0 Å². The standard InChI is InChI=1S/C53H66N2/c1-48(2,3)33-18-21-44-40(27-33)41-29-37(52(13,14)15)28-39(47(41)54-44)32-24-36(51(10,11)12)26-38(25-32)55-45-22-19-34(49(4,5)6)30-42(45)53(16,17)43-31-35(50(7,8)9)20-23-46(43)55/h18-31,54H,1-17H3. The Morgan fingerprint density at radius 3 is 1.36 bits per heavy atom. The van der Waals surface area contributed by atoms with Gasteiger partial charge >= 0.3 is 0 Å². The van der Waals surface area contributed by atoms with E-state index < -0.39 is 0 Å². The maximum Gasteiger partial charge on any atom is 0.0544 e. The number of benzene rings is 5. The molecule has 2 heterocycles. The summed E-state index contributed by atoms with van der Waals surface area (Å²) in [4.78, 5) is 6.50. The molecule has 0 unspecified atom stereocenters. The van der Waals surface area contributed by atoms with E-state index in [0.717, 1.165) is 0 Å². The summed E-state index contributed by atoms with van der Waals surface area (Å²) in [5.41, 5.74) is 18.0. The fraction of sp³-hybridized carbons (Fsp3) is 0.434. The van der Waals surface area contributed by atoms with E-state index in [9.17, 15) is 0 Å². The number of aromatic amines is 1. The first-order chi connectivity index (χ1) is 25.2. The lowest BCUT2D eigenvalue weighted by molar-refractivity contribution is 0.573. The molecule has 55 heavy (non-hydrogen) atoms. The average molecular weight is 731 g/mol. The fourth-order valence-corrected chi connectivity index (χ4v) is 8.41. The highest BCUT2D eigenvalue weighted by Gasteiger charge is 2.39. The van der Waals surface area contributed by atoms with Gasteiger partial charge in [0.15, 0.2) is 0 Å². The van der Waals surface area contributed by atoms with Crippen molar-refractivity contribution in [2.45, 2.75) is 150 Å². The van der Waals surface area contributed by atoms with Crippen molar-refractivity contribution in [2.75, 3.05) is 4.90 Å². The largest absolute Gasteiger partial charge is 0.354 e. The van der Waals surface area contributed by atoms with Crippen LogP contribution in [-0.4, -0.2) is 4.98 Å². The lowest BCUT2D eigenvalue weighted by Crippen LogP contribution is -2.32. The molecule has 0 amide bonds. The molecule has 0 spiro atoms. The van der Waals surface area contributed by atoms with E-state index in [1.165, 1.54) is 88.9 Å². The van der Waals surface area contributed by atoms with Crippen molar-refractivity contribution in [2.24, 2.45) is 0 Å². The maximum absolute atomic E-state index is 3.93. The van der Waals surface area contributed by atoms with Crippen molar-refractivity contribution in [1.29, 1.82) is 0 Å². The van der Waals surface area contributed by atoms with Crippen molar-refractivity contribution in [3.8, 4) is 11.1 Å². The third-order valence-corrected chi connectivity index (χ3v) is 12.3. The molecule has 7 rings (SSSR count). The summed E-state index contributed by atoms with van der Waals surface area (Å²) >= 11 is 0. The molecule has 0 aliphatic carbocycles. The molecule has 2 heteroatoms. The van der Waals surface area contributed by atoms with E-state index >= 15 is 0 Å². The number of nitrogens with one attached hydrogen (secondary N) is 1. The van der Waals surface area contributed by atoms with E-state index in [0.29, 0.717) is 0 Å². The molecular formula is C53H66N2. The van der Waals surface area contributed by atoms with Crippen LogP contribution in [0.2, 0.25) is 0 Å². The zero-order valence-electron chi connectivity index (χ0n) is 37.0. The number of hydrogen-bond acceptors (Lipinski definition) is 1. The van der Waals surface area contributed by atoms with Gasteiger partial charge in [0.25, 0.3) is 0 Å².